The van der Waals surface area contributed by atoms with Gasteiger partial charge in [-0.25, -0.2) is 0 Å². The molecule has 98 valence electrons. The number of hydrogen-bond donors (Lipinski definition) is 1. The van der Waals surface area contributed by atoms with Gasteiger partial charge in [0.2, 0.25) is 0 Å². The first-order valence-corrected chi connectivity index (χ1v) is 6.17. The molecule has 0 bridgehead atoms. The Labute approximate surface area is 107 Å². The van der Waals surface area contributed by atoms with Crippen molar-refractivity contribution in [1.29, 1.82) is 0 Å². The zero-order chi connectivity index (χ0) is 13.7. The van der Waals surface area contributed by atoms with Gasteiger partial charge in [-0.3, -0.25) is 0 Å². The Hall–Kier alpha value is -1.18. The van der Waals surface area contributed by atoms with Crippen molar-refractivity contribution in [2.45, 2.75) is 46.7 Å². The highest BCUT2D eigenvalue weighted by Gasteiger charge is 2.18. The van der Waals surface area contributed by atoms with Crippen molar-refractivity contribution in [1.82, 2.24) is 10.2 Å². The van der Waals surface area contributed by atoms with Crippen LogP contribution in [0.4, 0.5) is 0 Å². The molecule has 2 atom stereocenters. The molecular formula is C15H28N2. The summed E-state index contributed by atoms with van der Waals surface area (Å²) in [5.41, 5.74) is 2.27. The lowest BCUT2D eigenvalue weighted by Gasteiger charge is -2.33. The zero-order valence-electron chi connectivity index (χ0n) is 12.3. The van der Waals surface area contributed by atoms with Crippen LogP contribution in [0.15, 0.2) is 36.7 Å². The fourth-order valence-corrected chi connectivity index (χ4v) is 1.70. The maximum absolute atomic E-state index is 4.10. The number of rotatable bonds is 7. The number of nitrogens with zero attached hydrogens (tertiary/aromatic N) is 1. The minimum absolute atomic E-state index is 0.266. The Kier molecular flexibility index (Phi) is 6.08. The van der Waals surface area contributed by atoms with Crippen molar-refractivity contribution in [3.63, 3.8) is 0 Å². The largest absolute Gasteiger partial charge is 0.366 e. The van der Waals surface area contributed by atoms with Crippen LogP contribution in [-0.4, -0.2) is 24.0 Å². The summed E-state index contributed by atoms with van der Waals surface area (Å²) < 4.78 is 0. The van der Waals surface area contributed by atoms with E-state index in [4.69, 9.17) is 0 Å². The van der Waals surface area contributed by atoms with E-state index >= 15 is 0 Å². The van der Waals surface area contributed by atoms with Crippen LogP contribution in [0.5, 0.6) is 0 Å². The fourth-order valence-electron chi connectivity index (χ4n) is 1.70. The second-order valence-corrected chi connectivity index (χ2v) is 5.29. The van der Waals surface area contributed by atoms with Crippen molar-refractivity contribution < 1.29 is 0 Å². The van der Waals surface area contributed by atoms with Gasteiger partial charge in [0.15, 0.2) is 0 Å². The SMILES string of the molecule is C=C(C)C(NC(=C)N(C)C(C)C(=C)C)C(C)C. The smallest absolute Gasteiger partial charge is 0.0945 e. The van der Waals surface area contributed by atoms with Crippen molar-refractivity contribution in [2.24, 2.45) is 5.92 Å². The molecule has 0 rings (SSSR count). The van der Waals surface area contributed by atoms with E-state index in [-0.39, 0.29) is 12.1 Å². The second kappa shape index (κ2) is 6.53. The van der Waals surface area contributed by atoms with E-state index in [1.165, 1.54) is 0 Å². The molecule has 0 amide bonds. The molecule has 1 N–H and O–H groups in total. The second-order valence-electron chi connectivity index (χ2n) is 5.29. The Morgan fingerprint density at radius 2 is 1.47 bits per heavy atom. The summed E-state index contributed by atoms with van der Waals surface area (Å²) >= 11 is 0. The van der Waals surface area contributed by atoms with Gasteiger partial charge < -0.3 is 10.2 Å². The molecule has 0 radical (unpaired) electrons. The molecule has 0 aromatic heterocycles. The minimum atomic E-state index is 0.266. The Balaban J connectivity index is 4.62. The first-order valence-electron chi connectivity index (χ1n) is 6.17. The monoisotopic (exact) mass is 236 g/mol. The van der Waals surface area contributed by atoms with E-state index in [9.17, 15) is 0 Å². The highest BCUT2D eigenvalue weighted by atomic mass is 15.2. The third-order valence-corrected chi connectivity index (χ3v) is 3.24. The van der Waals surface area contributed by atoms with Crippen LogP contribution >= 0.6 is 0 Å². The van der Waals surface area contributed by atoms with E-state index in [2.05, 4.69) is 50.7 Å². The third kappa shape index (κ3) is 4.68. The predicted molar refractivity (Wildman–Crippen MR) is 77.8 cm³/mol. The predicted octanol–water partition coefficient (Wildman–Crippen LogP) is 3.54. The van der Waals surface area contributed by atoms with E-state index in [0.717, 1.165) is 17.0 Å². The molecule has 0 aliphatic heterocycles. The lowest BCUT2D eigenvalue weighted by Crippen LogP contribution is -2.42. The number of hydrogen-bond acceptors (Lipinski definition) is 2. The molecule has 0 aliphatic carbocycles. The summed E-state index contributed by atoms with van der Waals surface area (Å²) in [5.74, 6) is 1.42. The summed E-state index contributed by atoms with van der Waals surface area (Å²) in [5, 5.41) is 3.44. The molecule has 0 spiro atoms. The van der Waals surface area contributed by atoms with Gasteiger partial charge in [0.25, 0.3) is 0 Å². The summed E-state index contributed by atoms with van der Waals surface area (Å²) in [4.78, 5) is 2.11. The fraction of sp³-hybridized carbons (Fsp3) is 0.600. The van der Waals surface area contributed by atoms with Crippen molar-refractivity contribution in [3.8, 4) is 0 Å². The van der Waals surface area contributed by atoms with Gasteiger partial charge in [0.05, 0.1) is 11.9 Å². The van der Waals surface area contributed by atoms with Crippen LogP contribution in [0.2, 0.25) is 0 Å². The normalized spacial score (nSPS) is 14.1. The van der Waals surface area contributed by atoms with E-state index in [0.29, 0.717) is 5.92 Å². The van der Waals surface area contributed by atoms with Crippen LogP contribution in [0.3, 0.4) is 0 Å². The average molecular weight is 236 g/mol. The van der Waals surface area contributed by atoms with Gasteiger partial charge >= 0.3 is 0 Å². The molecular weight excluding hydrogens is 208 g/mol. The Bertz CT molecular complexity index is 302. The standard InChI is InChI=1S/C15H28N2/c1-10(2)13(7)17(9)14(8)16-15(11(3)4)12(5)6/h12-13,15-16H,1,3,8H2,2,4-7,9H3. The Morgan fingerprint density at radius 1 is 1.00 bits per heavy atom. The quantitative estimate of drug-likeness (QED) is 0.680. The first-order chi connectivity index (χ1) is 7.68. The molecule has 0 saturated heterocycles. The van der Waals surface area contributed by atoms with Crippen LogP contribution < -0.4 is 5.32 Å². The average Bonchev–Trinajstić information content (AvgIpc) is 2.22. The number of likely N-dealkylation sites (N-methyl/N-ethyl adjacent to an activating group) is 1. The highest BCUT2D eigenvalue weighted by molar-refractivity contribution is 5.11. The number of nitrogens with one attached hydrogen (secondary N) is 1. The molecule has 0 aliphatic rings. The van der Waals surface area contributed by atoms with Crippen LogP contribution in [0.1, 0.15) is 34.6 Å². The maximum Gasteiger partial charge on any atom is 0.0945 e. The summed E-state index contributed by atoms with van der Waals surface area (Å²) in [6.45, 7) is 22.7. The summed E-state index contributed by atoms with van der Waals surface area (Å²) in [6, 6.07) is 0.551. The summed E-state index contributed by atoms with van der Waals surface area (Å²) in [7, 11) is 2.03. The van der Waals surface area contributed by atoms with Gasteiger partial charge in [-0.2, -0.15) is 0 Å². The molecule has 0 aromatic carbocycles. The van der Waals surface area contributed by atoms with Gasteiger partial charge in [0, 0.05) is 13.1 Å². The van der Waals surface area contributed by atoms with Crippen molar-refractivity contribution in [3.05, 3.63) is 36.7 Å². The Morgan fingerprint density at radius 3 is 1.76 bits per heavy atom. The minimum Gasteiger partial charge on any atom is -0.366 e. The highest BCUT2D eigenvalue weighted by Crippen LogP contribution is 2.15. The topological polar surface area (TPSA) is 15.3 Å². The van der Waals surface area contributed by atoms with Crippen molar-refractivity contribution >= 4 is 0 Å². The van der Waals surface area contributed by atoms with Crippen LogP contribution in [0.25, 0.3) is 0 Å². The summed E-state index contributed by atoms with van der Waals surface area (Å²) in [6.07, 6.45) is 0. The molecule has 2 unspecified atom stereocenters. The van der Waals surface area contributed by atoms with Crippen LogP contribution in [-0.2, 0) is 0 Å². The third-order valence-electron chi connectivity index (χ3n) is 3.24. The van der Waals surface area contributed by atoms with Gasteiger partial charge in [-0.1, -0.05) is 44.7 Å². The molecule has 2 nitrogen and oxygen atoms in total. The van der Waals surface area contributed by atoms with E-state index in [1.807, 2.05) is 20.9 Å². The zero-order valence-corrected chi connectivity index (χ0v) is 12.3. The van der Waals surface area contributed by atoms with Gasteiger partial charge in [0.1, 0.15) is 0 Å². The molecule has 0 saturated carbocycles. The van der Waals surface area contributed by atoms with Crippen LogP contribution in [0, 0.1) is 5.92 Å². The van der Waals surface area contributed by atoms with E-state index < -0.39 is 0 Å². The molecule has 0 heterocycles. The van der Waals surface area contributed by atoms with E-state index in [1.54, 1.807) is 0 Å². The lowest BCUT2D eigenvalue weighted by molar-refractivity contribution is 0.314. The molecule has 2 heteroatoms. The molecule has 0 aromatic rings. The van der Waals surface area contributed by atoms with Crippen molar-refractivity contribution in [2.75, 3.05) is 7.05 Å². The molecule has 0 fully saturated rings. The van der Waals surface area contributed by atoms with Gasteiger partial charge in [-0.05, 0) is 26.7 Å². The first kappa shape index (κ1) is 15.8. The van der Waals surface area contributed by atoms with Gasteiger partial charge in [-0.15, -0.1) is 0 Å². The lowest BCUT2D eigenvalue weighted by atomic mass is 9.98. The maximum atomic E-state index is 4.10. The molecule has 17 heavy (non-hydrogen) atoms.